The maximum absolute atomic E-state index is 12.7. The Bertz CT molecular complexity index is 650. The highest BCUT2D eigenvalue weighted by atomic mass is 32.1. The Morgan fingerprint density at radius 1 is 1.32 bits per heavy atom. The molecule has 3 rings (SSSR count). The summed E-state index contributed by atoms with van der Waals surface area (Å²) in [5, 5.41) is 3.14. The number of amides is 1. The first-order valence-electron chi connectivity index (χ1n) is 7.76. The van der Waals surface area contributed by atoms with Crippen molar-refractivity contribution in [3.63, 3.8) is 0 Å². The van der Waals surface area contributed by atoms with Crippen molar-refractivity contribution in [1.82, 2.24) is 14.9 Å². The topological polar surface area (TPSA) is 46.1 Å². The van der Waals surface area contributed by atoms with Crippen LogP contribution in [0.15, 0.2) is 23.7 Å². The summed E-state index contributed by atoms with van der Waals surface area (Å²) in [4.78, 5) is 23.6. The fourth-order valence-corrected chi connectivity index (χ4v) is 3.83. The Kier molecular flexibility index (Phi) is 4.52. The highest BCUT2D eigenvalue weighted by molar-refractivity contribution is 7.09. The first kappa shape index (κ1) is 15.2. The average molecular weight is 315 g/mol. The zero-order chi connectivity index (χ0) is 15.5. The summed E-state index contributed by atoms with van der Waals surface area (Å²) < 4.78 is 0. The number of hydrogen-bond acceptors (Lipinski definition) is 4. The van der Waals surface area contributed by atoms with Crippen LogP contribution >= 0.6 is 11.3 Å². The fraction of sp³-hybridized carbons (Fsp3) is 0.471. The first-order chi connectivity index (χ1) is 10.6. The Balaban J connectivity index is 1.75. The molecule has 2 aromatic rings. The number of pyridine rings is 1. The second-order valence-electron chi connectivity index (χ2n) is 5.91. The van der Waals surface area contributed by atoms with Crippen molar-refractivity contribution in [3.05, 3.63) is 45.7 Å². The molecule has 22 heavy (non-hydrogen) atoms. The lowest BCUT2D eigenvalue weighted by Gasteiger charge is -2.34. The van der Waals surface area contributed by atoms with Crippen LogP contribution < -0.4 is 0 Å². The van der Waals surface area contributed by atoms with Crippen LogP contribution in [0.3, 0.4) is 0 Å². The minimum atomic E-state index is 0.151. The molecular weight excluding hydrogens is 294 g/mol. The van der Waals surface area contributed by atoms with Crippen molar-refractivity contribution in [1.29, 1.82) is 0 Å². The molecule has 116 valence electrons. The van der Waals surface area contributed by atoms with Gasteiger partial charge in [0.2, 0.25) is 5.91 Å². The van der Waals surface area contributed by atoms with E-state index in [2.05, 4.69) is 15.3 Å². The van der Waals surface area contributed by atoms with Crippen LogP contribution in [0, 0.1) is 13.8 Å². The van der Waals surface area contributed by atoms with Gasteiger partial charge in [0, 0.05) is 29.5 Å². The van der Waals surface area contributed by atoms with Gasteiger partial charge in [-0.3, -0.25) is 9.78 Å². The summed E-state index contributed by atoms with van der Waals surface area (Å²) in [5.41, 5.74) is 3.00. The number of thiazole rings is 1. The number of aromatic nitrogens is 2. The van der Waals surface area contributed by atoms with E-state index in [0.717, 1.165) is 41.3 Å². The maximum Gasteiger partial charge on any atom is 0.227 e. The largest absolute Gasteiger partial charge is 0.333 e. The monoisotopic (exact) mass is 315 g/mol. The number of carbonyl (C=O) groups excluding carboxylic acids is 1. The molecule has 0 bridgehead atoms. The van der Waals surface area contributed by atoms with Gasteiger partial charge in [-0.1, -0.05) is 6.07 Å². The number of rotatable bonds is 3. The Hall–Kier alpha value is -1.75. The summed E-state index contributed by atoms with van der Waals surface area (Å²) in [6.07, 6.45) is 5.50. The third-order valence-electron chi connectivity index (χ3n) is 4.07. The van der Waals surface area contributed by atoms with Gasteiger partial charge >= 0.3 is 0 Å². The Morgan fingerprint density at radius 3 is 2.86 bits per heavy atom. The van der Waals surface area contributed by atoms with Crippen LogP contribution in [0.5, 0.6) is 0 Å². The molecule has 0 aliphatic carbocycles. The van der Waals surface area contributed by atoms with Crippen molar-refractivity contribution in [2.75, 3.05) is 6.54 Å². The lowest BCUT2D eigenvalue weighted by atomic mass is 10.0. The van der Waals surface area contributed by atoms with Gasteiger partial charge in [0.1, 0.15) is 5.01 Å². The highest BCUT2D eigenvalue weighted by Gasteiger charge is 2.29. The van der Waals surface area contributed by atoms with E-state index in [1.165, 1.54) is 6.42 Å². The SMILES string of the molecule is Cc1ccc(CC(=O)N2CCCC[C@H]2c2nc(C)cs2)cn1. The van der Waals surface area contributed by atoms with Crippen LogP contribution in [0.1, 0.15) is 47.3 Å². The summed E-state index contributed by atoms with van der Waals surface area (Å²) in [6, 6.07) is 4.10. The zero-order valence-electron chi connectivity index (χ0n) is 13.1. The number of carbonyl (C=O) groups is 1. The van der Waals surface area contributed by atoms with Crippen LogP contribution in [0.2, 0.25) is 0 Å². The lowest BCUT2D eigenvalue weighted by Crippen LogP contribution is -2.39. The number of nitrogens with zero attached hydrogens (tertiary/aromatic N) is 3. The van der Waals surface area contributed by atoms with E-state index >= 15 is 0 Å². The third-order valence-corrected chi connectivity index (χ3v) is 5.14. The fourth-order valence-electron chi connectivity index (χ4n) is 2.89. The van der Waals surface area contributed by atoms with E-state index in [9.17, 15) is 4.79 Å². The highest BCUT2D eigenvalue weighted by Crippen LogP contribution is 2.33. The van der Waals surface area contributed by atoms with E-state index in [0.29, 0.717) is 6.42 Å². The molecule has 0 radical (unpaired) electrons. The normalized spacial score (nSPS) is 18.5. The first-order valence-corrected chi connectivity index (χ1v) is 8.64. The van der Waals surface area contributed by atoms with E-state index < -0.39 is 0 Å². The maximum atomic E-state index is 12.7. The van der Waals surface area contributed by atoms with Gasteiger partial charge in [-0.05, 0) is 44.7 Å². The second kappa shape index (κ2) is 6.57. The summed E-state index contributed by atoms with van der Waals surface area (Å²) >= 11 is 1.67. The molecule has 4 nitrogen and oxygen atoms in total. The predicted octanol–water partition coefficient (Wildman–Crippen LogP) is 3.45. The quantitative estimate of drug-likeness (QED) is 0.871. The molecule has 0 saturated carbocycles. The Morgan fingerprint density at radius 2 is 2.18 bits per heavy atom. The smallest absolute Gasteiger partial charge is 0.227 e. The zero-order valence-corrected chi connectivity index (χ0v) is 13.9. The van der Waals surface area contributed by atoms with Crippen molar-refractivity contribution >= 4 is 17.2 Å². The molecule has 1 saturated heterocycles. The van der Waals surface area contributed by atoms with Crippen molar-refractivity contribution in [2.45, 2.75) is 45.6 Å². The molecule has 1 aliphatic rings. The van der Waals surface area contributed by atoms with E-state index in [4.69, 9.17) is 0 Å². The molecule has 1 amide bonds. The van der Waals surface area contributed by atoms with Gasteiger partial charge in [0.15, 0.2) is 0 Å². The van der Waals surface area contributed by atoms with Gasteiger partial charge in [0.05, 0.1) is 12.5 Å². The minimum Gasteiger partial charge on any atom is -0.333 e. The molecule has 0 aromatic carbocycles. The standard InChI is InChI=1S/C17H21N3OS/c1-12-6-7-14(10-18-12)9-16(21)20-8-4-3-5-15(20)17-19-13(2)11-22-17/h6-7,10-11,15H,3-5,8-9H2,1-2H3/t15-/m0/s1. The second-order valence-corrected chi connectivity index (χ2v) is 6.80. The molecule has 3 heterocycles. The average Bonchev–Trinajstić information content (AvgIpc) is 2.96. The molecule has 1 atom stereocenters. The van der Waals surface area contributed by atoms with Gasteiger partial charge in [0.25, 0.3) is 0 Å². The van der Waals surface area contributed by atoms with Crippen molar-refractivity contribution in [2.24, 2.45) is 0 Å². The van der Waals surface area contributed by atoms with Crippen molar-refractivity contribution < 1.29 is 4.79 Å². The van der Waals surface area contributed by atoms with E-state index in [1.54, 1.807) is 17.5 Å². The number of likely N-dealkylation sites (tertiary alicyclic amines) is 1. The van der Waals surface area contributed by atoms with Crippen LogP contribution in [-0.2, 0) is 11.2 Å². The lowest BCUT2D eigenvalue weighted by molar-refractivity contribution is -0.134. The predicted molar refractivity (Wildman–Crippen MR) is 87.8 cm³/mol. The van der Waals surface area contributed by atoms with Crippen LogP contribution in [0.4, 0.5) is 0 Å². The number of aryl methyl sites for hydroxylation is 2. The molecule has 2 aromatic heterocycles. The number of hydrogen-bond donors (Lipinski definition) is 0. The van der Waals surface area contributed by atoms with Gasteiger partial charge in [-0.15, -0.1) is 11.3 Å². The molecule has 0 spiro atoms. The summed E-state index contributed by atoms with van der Waals surface area (Å²) in [6.45, 7) is 4.80. The van der Waals surface area contributed by atoms with E-state index in [1.807, 2.05) is 30.9 Å². The van der Waals surface area contributed by atoms with Crippen molar-refractivity contribution in [3.8, 4) is 0 Å². The van der Waals surface area contributed by atoms with Gasteiger partial charge < -0.3 is 4.90 Å². The minimum absolute atomic E-state index is 0.151. The Labute approximate surface area is 135 Å². The molecular formula is C17H21N3OS. The van der Waals surface area contributed by atoms with Gasteiger partial charge in [-0.25, -0.2) is 4.98 Å². The number of piperidine rings is 1. The summed E-state index contributed by atoms with van der Waals surface area (Å²) in [5.74, 6) is 0.184. The third kappa shape index (κ3) is 3.35. The molecule has 0 N–H and O–H groups in total. The molecule has 1 aliphatic heterocycles. The van der Waals surface area contributed by atoms with Crippen LogP contribution in [0.25, 0.3) is 0 Å². The van der Waals surface area contributed by atoms with E-state index in [-0.39, 0.29) is 11.9 Å². The van der Waals surface area contributed by atoms with Gasteiger partial charge in [-0.2, -0.15) is 0 Å². The summed E-state index contributed by atoms with van der Waals surface area (Å²) in [7, 11) is 0. The van der Waals surface area contributed by atoms with Crippen LogP contribution in [-0.4, -0.2) is 27.3 Å². The molecule has 0 unspecified atom stereocenters. The molecule has 5 heteroatoms. The molecule has 1 fully saturated rings.